The molecule has 0 fully saturated rings. The molecule has 0 N–H and O–H groups in total. The minimum atomic E-state index is -0.762. The van der Waals surface area contributed by atoms with E-state index in [0.29, 0.717) is 19.3 Å². The minimum Gasteiger partial charge on any atom is -0.462 e. The SMILES string of the molecule is CCCCCCCCCCCCCC(=O)OC[C@@H](COC(=O)CCCCCCCCCCCCCCCCCCCCC(C)CC)OC(=O)CCCCCCCCCCCCC(C)CC. The second-order valence-corrected chi connectivity index (χ2v) is 20.8. The van der Waals surface area contributed by atoms with E-state index < -0.39 is 6.10 Å². The zero-order valence-electron chi connectivity index (χ0n) is 44.6. The maximum Gasteiger partial charge on any atom is 0.306 e. The van der Waals surface area contributed by atoms with Crippen LogP contribution >= 0.6 is 0 Å². The van der Waals surface area contributed by atoms with Crippen molar-refractivity contribution in [3.8, 4) is 0 Å². The van der Waals surface area contributed by atoms with Crippen LogP contribution in [0.1, 0.15) is 330 Å². The van der Waals surface area contributed by atoms with Crippen LogP contribution in [0.15, 0.2) is 0 Å². The summed E-state index contributed by atoms with van der Waals surface area (Å²) in [7, 11) is 0. The van der Waals surface area contributed by atoms with Crippen LogP contribution in [0, 0.1) is 11.8 Å². The number of carbonyl (C=O) groups excluding carboxylic acids is 3. The van der Waals surface area contributed by atoms with Gasteiger partial charge in [0.05, 0.1) is 0 Å². The summed E-state index contributed by atoms with van der Waals surface area (Å²) in [5.74, 6) is 0.936. The molecule has 0 aromatic heterocycles. The van der Waals surface area contributed by atoms with Gasteiger partial charge in [-0.2, -0.15) is 0 Å². The van der Waals surface area contributed by atoms with E-state index in [1.807, 2.05) is 0 Å². The summed E-state index contributed by atoms with van der Waals surface area (Å²) in [5, 5.41) is 0. The highest BCUT2D eigenvalue weighted by Crippen LogP contribution is 2.19. The first-order valence-corrected chi connectivity index (χ1v) is 29.3. The van der Waals surface area contributed by atoms with Gasteiger partial charge in [0, 0.05) is 19.3 Å². The summed E-state index contributed by atoms with van der Waals surface area (Å²) in [6, 6.07) is 0. The number of unbranched alkanes of at least 4 members (excludes halogenated alkanes) is 36. The average Bonchev–Trinajstić information content (AvgIpc) is 3.30. The molecule has 6 nitrogen and oxygen atoms in total. The summed E-state index contributed by atoms with van der Waals surface area (Å²) < 4.78 is 16.9. The van der Waals surface area contributed by atoms with Crippen LogP contribution in [0.5, 0.6) is 0 Å². The van der Waals surface area contributed by atoms with Crippen LogP contribution in [0.4, 0.5) is 0 Å². The average molecular weight is 920 g/mol. The number of esters is 3. The van der Waals surface area contributed by atoms with E-state index in [2.05, 4.69) is 34.6 Å². The van der Waals surface area contributed by atoms with E-state index >= 15 is 0 Å². The Morgan fingerprint density at radius 3 is 0.800 bits per heavy atom. The van der Waals surface area contributed by atoms with Gasteiger partial charge >= 0.3 is 17.9 Å². The lowest BCUT2D eigenvalue weighted by atomic mass is 9.99. The molecule has 0 bridgehead atoms. The third-order valence-electron chi connectivity index (χ3n) is 14.2. The van der Waals surface area contributed by atoms with E-state index in [1.165, 1.54) is 218 Å². The topological polar surface area (TPSA) is 78.9 Å². The van der Waals surface area contributed by atoms with E-state index in [9.17, 15) is 14.4 Å². The van der Waals surface area contributed by atoms with Crippen LogP contribution in [0.2, 0.25) is 0 Å². The molecule has 0 aromatic rings. The fourth-order valence-electron chi connectivity index (χ4n) is 8.99. The smallest absolute Gasteiger partial charge is 0.306 e. The summed E-state index contributed by atoms with van der Waals surface area (Å²) in [6.45, 7) is 11.5. The molecule has 65 heavy (non-hydrogen) atoms. The van der Waals surface area contributed by atoms with Crippen LogP contribution in [0.25, 0.3) is 0 Å². The molecule has 0 aliphatic carbocycles. The first kappa shape index (κ1) is 63.4. The fraction of sp³-hybridized carbons (Fsp3) is 0.949. The molecule has 0 aliphatic heterocycles. The molecule has 0 radical (unpaired) electrons. The molecule has 0 saturated heterocycles. The van der Waals surface area contributed by atoms with Gasteiger partial charge < -0.3 is 14.2 Å². The van der Waals surface area contributed by atoms with E-state index in [0.717, 1.165) is 69.6 Å². The fourth-order valence-corrected chi connectivity index (χ4v) is 8.99. The van der Waals surface area contributed by atoms with Crippen molar-refractivity contribution in [2.75, 3.05) is 13.2 Å². The summed E-state index contributed by atoms with van der Waals surface area (Å²) in [6.07, 6.45) is 55.1. The van der Waals surface area contributed by atoms with Crippen LogP contribution < -0.4 is 0 Å². The van der Waals surface area contributed by atoms with E-state index in [4.69, 9.17) is 14.2 Å². The van der Waals surface area contributed by atoms with E-state index in [-0.39, 0.29) is 31.1 Å². The second-order valence-electron chi connectivity index (χ2n) is 20.8. The summed E-state index contributed by atoms with van der Waals surface area (Å²) in [5.41, 5.74) is 0. The normalized spacial score (nSPS) is 12.9. The molecule has 0 amide bonds. The Bertz CT molecular complexity index is 997. The second kappa shape index (κ2) is 51.8. The molecular formula is C59H114O6. The van der Waals surface area contributed by atoms with Gasteiger partial charge in [-0.15, -0.1) is 0 Å². The van der Waals surface area contributed by atoms with Crippen molar-refractivity contribution in [1.82, 2.24) is 0 Å². The van der Waals surface area contributed by atoms with Gasteiger partial charge in [0.1, 0.15) is 13.2 Å². The van der Waals surface area contributed by atoms with Gasteiger partial charge in [-0.05, 0) is 31.1 Å². The lowest BCUT2D eigenvalue weighted by molar-refractivity contribution is -0.167. The monoisotopic (exact) mass is 919 g/mol. The van der Waals surface area contributed by atoms with Gasteiger partial charge in [0.25, 0.3) is 0 Å². The summed E-state index contributed by atoms with van der Waals surface area (Å²) in [4.78, 5) is 38.1. The van der Waals surface area contributed by atoms with Gasteiger partial charge in [0.15, 0.2) is 6.10 Å². The molecule has 0 aliphatic rings. The maximum absolute atomic E-state index is 12.8. The number of hydrogen-bond donors (Lipinski definition) is 0. The largest absolute Gasteiger partial charge is 0.462 e. The van der Waals surface area contributed by atoms with Crippen LogP contribution in [-0.4, -0.2) is 37.2 Å². The third-order valence-corrected chi connectivity index (χ3v) is 14.2. The Morgan fingerprint density at radius 2 is 0.538 bits per heavy atom. The predicted molar refractivity (Wildman–Crippen MR) is 280 cm³/mol. The highest BCUT2D eigenvalue weighted by atomic mass is 16.6. The molecule has 2 unspecified atom stereocenters. The molecular weight excluding hydrogens is 805 g/mol. The van der Waals surface area contributed by atoms with Crippen LogP contribution in [-0.2, 0) is 28.6 Å². The lowest BCUT2D eigenvalue weighted by Crippen LogP contribution is -2.30. The number of carbonyl (C=O) groups is 3. The highest BCUT2D eigenvalue weighted by Gasteiger charge is 2.19. The highest BCUT2D eigenvalue weighted by molar-refractivity contribution is 5.71. The molecule has 386 valence electrons. The van der Waals surface area contributed by atoms with Crippen molar-refractivity contribution in [2.24, 2.45) is 11.8 Å². The summed E-state index contributed by atoms with van der Waals surface area (Å²) >= 11 is 0. The first-order valence-electron chi connectivity index (χ1n) is 29.3. The zero-order chi connectivity index (χ0) is 47.5. The van der Waals surface area contributed by atoms with Gasteiger partial charge in [-0.25, -0.2) is 0 Å². The number of hydrogen-bond acceptors (Lipinski definition) is 6. The van der Waals surface area contributed by atoms with Gasteiger partial charge in [-0.3, -0.25) is 14.4 Å². The lowest BCUT2D eigenvalue weighted by Gasteiger charge is -2.18. The van der Waals surface area contributed by atoms with Gasteiger partial charge in [0.2, 0.25) is 0 Å². The van der Waals surface area contributed by atoms with Gasteiger partial charge in [-0.1, -0.05) is 291 Å². The Balaban J connectivity index is 4.21. The van der Waals surface area contributed by atoms with Crippen molar-refractivity contribution in [2.45, 2.75) is 336 Å². The molecule has 0 heterocycles. The standard InChI is InChI=1S/C59H114O6/c1-6-9-10-11-12-13-22-29-34-39-44-49-57(60)63-52-56(65-59(62)51-46-41-36-31-26-25-28-33-38-43-48-55(5)8-3)53-64-58(61)50-45-40-35-30-24-21-19-17-15-14-16-18-20-23-27-32-37-42-47-54(4)7-2/h54-56H,6-53H2,1-5H3/t54?,55?,56-/m0/s1. The zero-order valence-corrected chi connectivity index (χ0v) is 44.6. The predicted octanol–water partition coefficient (Wildman–Crippen LogP) is 19.3. The Morgan fingerprint density at radius 1 is 0.308 bits per heavy atom. The number of rotatable bonds is 53. The van der Waals surface area contributed by atoms with E-state index in [1.54, 1.807) is 0 Å². The number of ether oxygens (including phenoxy) is 3. The first-order chi connectivity index (χ1) is 31.8. The quantitative estimate of drug-likeness (QED) is 0.0344. The maximum atomic E-state index is 12.8. The Kier molecular flexibility index (Phi) is 50.5. The molecule has 6 heteroatoms. The molecule has 0 saturated carbocycles. The van der Waals surface area contributed by atoms with Crippen molar-refractivity contribution >= 4 is 17.9 Å². The van der Waals surface area contributed by atoms with Crippen LogP contribution in [0.3, 0.4) is 0 Å². The Labute approximate surface area is 406 Å². The molecule has 0 rings (SSSR count). The Hall–Kier alpha value is -1.59. The molecule has 0 spiro atoms. The van der Waals surface area contributed by atoms with Crippen molar-refractivity contribution < 1.29 is 28.6 Å². The van der Waals surface area contributed by atoms with Crippen molar-refractivity contribution in [1.29, 1.82) is 0 Å². The minimum absolute atomic E-state index is 0.0628. The molecule has 0 aromatic carbocycles. The van der Waals surface area contributed by atoms with Crippen molar-refractivity contribution in [3.05, 3.63) is 0 Å². The van der Waals surface area contributed by atoms with Crippen molar-refractivity contribution in [3.63, 3.8) is 0 Å². The third kappa shape index (κ3) is 50.1. The molecule has 3 atom stereocenters.